The molecule has 0 saturated heterocycles. The van der Waals surface area contributed by atoms with E-state index >= 15 is 0 Å². The Morgan fingerprint density at radius 2 is 2.04 bits per heavy atom. The van der Waals surface area contributed by atoms with Gasteiger partial charge in [-0.25, -0.2) is 4.39 Å². The Hall–Kier alpha value is -1.52. The van der Waals surface area contributed by atoms with Crippen molar-refractivity contribution < 1.29 is 9.18 Å². The zero-order valence-electron chi connectivity index (χ0n) is 14.1. The van der Waals surface area contributed by atoms with Crippen LogP contribution < -0.4 is 5.32 Å². The molecule has 1 atom stereocenters. The second-order valence-corrected chi connectivity index (χ2v) is 7.82. The summed E-state index contributed by atoms with van der Waals surface area (Å²) in [6, 6.07) is 11.1. The monoisotopic (exact) mass is 377 g/mol. The molecule has 0 unspecified atom stereocenters. The van der Waals surface area contributed by atoms with Gasteiger partial charge in [-0.05, 0) is 60.6 Å². The Morgan fingerprint density at radius 3 is 2.84 bits per heavy atom. The van der Waals surface area contributed by atoms with Gasteiger partial charge in [-0.1, -0.05) is 35.9 Å². The van der Waals surface area contributed by atoms with Crippen LogP contribution in [0.1, 0.15) is 41.6 Å². The van der Waals surface area contributed by atoms with Crippen LogP contribution in [0.4, 0.5) is 4.39 Å². The van der Waals surface area contributed by atoms with Crippen LogP contribution in [-0.2, 0) is 23.4 Å². The molecule has 0 aromatic heterocycles. The van der Waals surface area contributed by atoms with Gasteiger partial charge in [0.15, 0.2) is 0 Å². The van der Waals surface area contributed by atoms with Gasteiger partial charge in [-0.15, -0.1) is 11.8 Å². The average molecular weight is 378 g/mol. The smallest absolute Gasteiger partial charge is 0.230 e. The maximum atomic E-state index is 13.7. The number of nitrogens with one attached hydrogen (secondary N) is 1. The fourth-order valence-electron chi connectivity index (χ4n) is 3.12. The van der Waals surface area contributed by atoms with E-state index in [2.05, 4.69) is 23.5 Å². The van der Waals surface area contributed by atoms with Crippen molar-refractivity contribution >= 4 is 29.3 Å². The first-order valence-corrected chi connectivity index (χ1v) is 9.99. The Balaban J connectivity index is 1.48. The van der Waals surface area contributed by atoms with Crippen LogP contribution in [-0.4, -0.2) is 11.7 Å². The van der Waals surface area contributed by atoms with Gasteiger partial charge in [0.25, 0.3) is 0 Å². The summed E-state index contributed by atoms with van der Waals surface area (Å²) in [5.41, 5.74) is 4.55. The fourth-order valence-corrected chi connectivity index (χ4v) is 4.10. The summed E-state index contributed by atoms with van der Waals surface area (Å²) in [4.78, 5) is 12.1. The third-order valence-electron chi connectivity index (χ3n) is 4.51. The van der Waals surface area contributed by atoms with Crippen molar-refractivity contribution in [1.29, 1.82) is 0 Å². The molecule has 132 valence electrons. The molecule has 0 aliphatic heterocycles. The highest BCUT2D eigenvalue weighted by molar-refractivity contribution is 7.99. The van der Waals surface area contributed by atoms with Crippen LogP contribution in [0.5, 0.6) is 0 Å². The molecule has 3 rings (SSSR count). The SMILES string of the molecule is C[C@H](NC(=O)CSCc1ccc(Cl)cc1F)c1ccc2c(c1)CCC2. The van der Waals surface area contributed by atoms with Gasteiger partial charge in [0, 0.05) is 10.8 Å². The Morgan fingerprint density at radius 1 is 1.24 bits per heavy atom. The lowest BCUT2D eigenvalue weighted by molar-refractivity contribution is -0.119. The molecule has 2 aromatic rings. The number of carbonyl (C=O) groups is 1. The maximum absolute atomic E-state index is 13.7. The van der Waals surface area contributed by atoms with E-state index in [-0.39, 0.29) is 17.8 Å². The Kier molecular flexibility index (Phi) is 6.02. The third-order valence-corrected chi connectivity index (χ3v) is 5.72. The standard InChI is InChI=1S/C20H21ClFNOS/c1-13(15-6-5-14-3-2-4-16(14)9-15)23-20(24)12-25-11-17-7-8-18(21)10-19(17)22/h5-10,13H,2-4,11-12H2,1H3,(H,23,24)/t13-/m0/s1. The second kappa shape index (κ2) is 8.24. The molecular formula is C20H21ClFNOS. The molecule has 1 aliphatic carbocycles. The van der Waals surface area contributed by atoms with Gasteiger partial charge >= 0.3 is 0 Å². The number of benzene rings is 2. The van der Waals surface area contributed by atoms with Crippen molar-refractivity contribution in [2.24, 2.45) is 0 Å². The number of carbonyl (C=O) groups excluding carboxylic acids is 1. The normalized spacial score (nSPS) is 14.2. The molecule has 5 heteroatoms. The minimum Gasteiger partial charge on any atom is -0.349 e. The first kappa shape index (κ1) is 18.3. The molecule has 0 spiro atoms. The van der Waals surface area contributed by atoms with Crippen molar-refractivity contribution in [1.82, 2.24) is 5.32 Å². The minimum absolute atomic E-state index is 0.0220. The van der Waals surface area contributed by atoms with Crippen molar-refractivity contribution in [2.45, 2.75) is 38.0 Å². The summed E-state index contributed by atoms with van der Waals surface area (Å²) in [7, 11) is 0. The highest BCUT2D eigenvalue weighted by Crippen LogP contribution is 2.25. The van der Waals surface area contributed by atoms with Crippen LogP contribution in [0.15, 0.2) is 36.4 Å². The summed E-state index contributed by atoms with van der Waals surface area (Å²) in [5, 5.41) is 3.40. The zero-order chi connectivity index (χ0) is 17.8. The number of aryl methyl sites for hydroxylation is 2. The number of fused-ring (bicyclic) bond motifs is 1. The summed E-state index contributed by atoms with van der Waals surface area (Å²) in [6.45, 7) is 2.00. The molecule has 1 aliphatic rings. The molecule has 0 radical (unpaired) electrons. The number of halogens is 2. The van der Waals surface area contributed by atoms with E-state index in [1.807, 2.05) is 6.92 Å². The molecular weight excluding hydrogens is 357 g/mol. The molecule has 2 nitrogen and oxygen atoms in total. The van der Waals surface area contributed by atoms with Crippen LogP contribution in [0, 0.1) is 5.82 Å². The van der Waals surface area contributed by atoms with Crippen LogP contribution >= 0.6 is 23.4 Å². The predicted octanol–water partition coefficient (Wildman–Crippen LogP) is 5.08. The topological polar surface area (TPSA) is 29.1 Å². The Bertz CT molecular complexity index is 780. The van der Waals surface area contributed by atoms with Gasteiger partial charge in [0.1, 0.15) is 5.82 Å². The quantitative estimate of drug-likeness (QED) is 0.760. The molecule has 0 saturated carbocycles. The van der Waals surface area contributed by atoms with E-state index in [0.29, 0.717) is 22.1 Å². The maximum Gasteiger partial charge on any atom is 0.230 e. The first-order valence-electron chi connectivity index (χ1n) is 8.45. The summed E-state index contributed by atoms with van der Waals surface area (Å²) >= 11 is 7.14. The molecule has 0 heterocycles. The summed E-state index contributed by atoms with van der Waals surface area (Å²) in [6.07, 6.45) is 3.51. The highest BCUT2D eigenvalue weighted by Gasteiger charge is 2.15. The van der Waals surface area contributed by atoms with Crippen LogP contribution in [0.3, 0.4) is 0 Å². The minimum atomic E-state index is -0.327. The number of thioether (sulfide) groups is 1. The van der Waals surface area contributed by atoms with Crippen molar-refractivity contribution in [3.63, 3.8) is 0 Å². The van der Waals surface area contributed by atoms with Gasteiger partial charge in [0.05, 0.1) is 11.8 Å². The molecule has 0 fully saturated rings. The van der Waals surface area contributed by atoms with Crippen molar-refractivity contribution in [3.8, 4) is 0 Å². The Labute approximate surface area is 157 Å². The van der Waals surface area contributed by atoms with Crippen LogP contribution in [0.2, 0.25) is 5.02 Å². The summed E-state index contributed by atoms with van der Waals surface area (Å²) in [5.74, 6) is 0.389. The van der Waals surface area contributed by atoms with Gasteiger partial charge < -0.3 is 5.32 Å². The van der Waals surface area contributed by atoms with Gasteiger partial charge in [0.2, 0.25) is 5.91 Å². The van der Waals surface area contributed by atoms with E-state index in [0.717, 1.165) is 18.4 Å². The molecule has 1 amide bonds. The number of hydrogen-bond donors (Lipinski definition) is 1. The van der Waals surface area contributed by atoms with Crippen LogP contribution in [0.25, 0.3) is 0 Å². The van der Waals surface area contributed by atoms with Crippen molar-refractivity contribution in [3.05, 3.63) is 69.5 Å². The summed E-state index contributed by atoms with van der Waals surface area (Å²) < 4.78 is 13.7. The highest BCUT2D eigenvalue weighted by atomic mass is 35.5. The number of rotatable bonds is 6. The fraction of sp³-hybridized carbons (Fsp3) is 0.350. The van der Waals surface area contributed by atoms with Gasteiger partial charge in [-0.3, -0.25) is 4.79 Å². The van der Waals surface area contributed by atoms with Gasteiger partial charge in [-0.2, -0.15) is 0 Å². The van der Waals surface area contributed by atoms with E-state index in [9.17, 15) is 9.18 Å². The lowest BCUT2D eigenvalue weighted by atomic mass is 10.0. The first-order chi connectivity index (χ1) is 12.0. The van der Waals surface area contributed by atoms with E-state index < -0.39 is 0 Å². The zero-order valence-corrected chi connectivity index (χ0v) is 15.7. The largest absolute Gasteiger partial charge is 0.349 e. The average Bonchev–Trinajstić information content (AvgIpc) is 3.04. The lowest BCUT2D eigenvalue weighted by Gasteiger charge is -2.15. The van der Waals surface area contributed by atoms with E-state index in [1.165, 1.54) is 35.4 Å². The third kappa shape index (κ3) is 4.77. The molecule has 0 bridgehead atoms. The van der Waals surface area contributed by atoms with E-state index in [1.54, 1.807) is 12.1 Å². The number of amides is 1. The number of hydrogen-bond acceptors (Lipinski definition) is 2. The molecule has 25 heavy (non-hydrogen) atoms. The predicted molar refractivity (Wildman–Crippen MR) is 103 cm³/mol. The molecule has 2 aromatic carbocycles. The molecule has 1 N–H and O–H groups in total. The van der Waals surface area contributed by atoms with E-state index in [4.69, 9.17) is 11.6 Å². The lowest BCUT2D eigenvalue weighted by Crippen LogP contribution is -2.28. The second-order valence-electron chi connectivity index (χ2n) is 6.40. The van der Waals surface area contributed by atoms with Crippen molar-refractivity contribution in [2.75, 3.05) is 5.75 Å².